The highest BCUT2D eigenvalue weighted by atomic mass is 32.2. The van der Waals surface area contributed by atoms with Gasteiger partial charge < -0.3 is 5.32 Å². The van der Waals surface area contributed by atoms with Gasteiger partial charge in [0.05, 0.1) is 17.0 Å². The summed E-state index contributed by atoms with van der Waals surface area (Å²) in [5, 5.41) is 3.65. The lowest BCUT2D eigenvalue weighted by molar-refractivity contribution is 0.0955. The van der Waals surface area contributed by atoms with Crippen molar-refractivity contribution in [3.63, 3.8) is 0 Å². The first-order valence-electron chi connectivity index (χ1n) is 6.23. The Bertz CT molecular complexity index is 553. The standard InChI is InChI=1S/C11H17N3O3S2/c1-2-10-13-8-9(18-10)11(15)12-4-6-14-5-3-7-19(14,16)17/h8H,2-7H2,1H3,(H,12,15). The van der Waals surface area contributed by atoms with Gasteiger partial charge in [-0.1, -0.05) is 6.92 Å². The van der Waals surface area contributed by atoms with Gasteiger partial charge in [0.1, 0.15) is 4.88 Å². The monoisotopic (exact) mass is 303 g/mol. The summed E-state index contributed by atoms with van der Waals surface area (Å²) in [6.07, 6.45) is 3.04. The number of nitrogens with one attached hydrogen (secondary N) is 1. The third-order valence-corrected chi connectivity index (χ3v) is 6.03. The number of thiazole rings is 1. The molecule has 2 rings (SSSR count). The number of carbonyl (C=O) groups excluding carboxylic acids is 1. The van der Waals surface area contributed by atoms with Crippen molar-refractivity contribution < 1.29 is 13.2 Å². The summed E-state index contributed by atoms with van der Waals surface area (Å²) >= 11 is 1.37. The van der Waals surface area contributed by atoms with E-state index in [1.165, 1.54) is 15.6 Å². The highest BCUT2D eigenvalue weighted by Crippen LogP contribution is 2.14. The Balaban J connectivity index is 1.81. The van der Waals surface area contributed by atoms with Crippen LogP contribution in [0.4, 0.5) is 0 Å². The predicted molar refractivity (Wildman–Crippen MR) is 73.8 cm³/mol. The number of nitrogens with zero attached hydrogens (tertiary/aromatic N) is 2. The fraction of sp³-hybridized carbons (Fsp3) is 0.636. The fourth-order valence-corrected chi connectivity index (χ4v) is 4.21. The van der Waals surface area contributed by atoms with Crippen LogP contribution >= 0.6 is 11.3 Å². The molecule has 0 atom stereocenters. The minimum atomic E-state index is -3.08. The normalized spacial score (nSPS) is 18.6. The molecule has 1 amide bonds. The second-order valence-corrected chi connectivity index (χ2v) is 7.50. The van der Waals surface area contributed by atoms with E-state index in [1.54, 1.807) is 6.20 Å². The van der Waals surface area contributed by atoms with Crippen molar-refractivity contribution in [2.24, 2.45) is 0 Å². The van der Waals surface area contributed by atoms with Crippen LogP contribution in [0.3, 0.4) is 0 Å². The molecule has 1 aromatic heterocycles. The van der Waals surface area contributed by atoms with E-state index < -0.39 is 10.0 Å². The van der Waals surface area contributed by atoms with Gasteiger partial charge in [-0.2, -0.15) is 0 Å². The lowest BCUT2D eigenvalue weighted by Crippen LogP contribution is -2.35. The zero-order chi connectivity index (χ0) is 13.9. The summed E-state index contributed by atoms with van der Waals surface area (Å²) in [6, 6.07) is 0. The summed E-state index contributed by atoms with van der Waals surface area (Å²) in [7, 11) is -3.08. The van der Waals surface area contributed by atoms with Crippen LogP contribution in [0.25, 0.3) is 0 Å². The first-order valence-corrected chi connectivity index (χ1v) is 8.66. The largest absolute Gasteiger partial charge is 0.350 e. The van der Waals surface area contributed by atoms with Gasteiger partial charge in [0.2, 0.25) is 10.0 Å². The Hall–Kier alpha value is -0.990. The number of amides is 1. The van der Waals surface area contributed by atoms with E-state index in [9.17, 15) is 13.2 Å². The molecule has 2 heterocycles. The third kappa shape index (κ3) is 3.52. The zero-order valence-corrected chi connectivity index (χ0v) is 12.4. The molecule has 0 aromatic carbocycles. The Morgan fingerprint density at radius 1 is 1.58 bits per heavy atom. The number of hydrogen-bond acceptors (Lipinski definition) is 5. The molecule has 0 spiro atoms. The van der Waals surface area contributed by atoms with E-state index in [4.69, 9.17) is 0 Å². The lowest BCUT2D eigenvalue weighted by Gasteiger charge is -2.13. The second-order valence-electron chi connectivity index (χ2n) is 4.30. The second kappa shape index (κ2) is 5.98. The van der Waals surface area contributed by atoms with Crippen molar-refractivity contribution in [2.45, 2.75) is 19.8 Å². The molecule has 1 aliphatic rings. The highest BCUT2D eigenvalue weighted by molar-refractivity contribution is 7.89. The molecular weight excluding hydrogens is 286 g/mol. The van der Waals surface area contributed by atoms with Crippen molar-refractivity contribution in [3.05, 3.63) is 16.1 Å². The number of hydrogen-bond donors (Lipinski definition) is 1. The number of rotatable bonds is 5. The van der Waals surface area contributed by atoms with E-state index >= 15 is 0 Å². The summed E-state index contributed by atoms with van der Waals surface area (Å²) in [4.78, 5) is 16.5. The number of aromatic nitrogens is 1. The average molecular weight is 303 g/mol. The van der Waals surface area contributed by atoms with Crippen LogP contribution in [0.5, 0.6) is 0 Å². The van der Waals surface area contributed by atoms with Gasteiger partial charge in [-0.3, -0.25) is 4.79 Å². The van der Waals surface area contributed by atoms with Gasteiger partial charge >= 0.3 is 0 Å². The van der Waals surface area contributed by atoms with Crippen molar-refractivity contribution in [1.82, 2.24) is 14.6 Å². The summed E-state index contributed by atoms with van der Waals surface area (Å²) in [5.41, 5.74) is 0. The molecule has 0 aliphatic carbocycles. The van der Waals surface area contributed by atoms with E-state index in [0.717, 1.165) is 11.4 Å². The van der Waals surface area contributed by atoms with Crippen molar-refractivity contribution in [3.8, 4) is 0 Å². The third-order valence-electron chi connectivity index (χ3n) is 2.93. The lowest BCUT2D eigenvalue weighted by atomic mass is 10.4. The molecular formula is C11H17N3O3S2. The smallest absolute Gasteiger partial charge is 0.263 e. The van der Waals surface area contributed by atoms with Crippen LogP contribution in [-0.2, 0) is 16.4 Å². The Morgan fingerprint density at radius 3 is 2.95 bits per heavy atom. The summed E-state index contributed by atoms with van der Waals surface area (Å²) in [5.74, 6) is 0.0316. The molecule has 1 saturated heterocycles. The maximum atomic E-state index is 11.8. The predicted octanol–water partition coefficient (Wildman–Crippen LogP) is 0.471. The Morgan fingerprint density at radius 2 is 2.37 bits per heavy atom. The van der Waals surface area contributed by atoms with Crippen molar-refractivity contribution in [2.75, 3.05) is 25.4 Å². The molecule has 0 saturated carbocycles. The maximum Gasteiger partial charge on any atom is 0.263 e. The van der Waals surface area contributed by atoms with Crippen molar-refractivity contribution >= 4 is 27.3 Å². The molecule has 0 bridgehead atoms. The molecule has 19 heavy (non-hydrogen) atoms. The minimum absolute atomic E-state index is 0.186. The van der Waals surface area contributed by atoms with E-state index in [2.05, 4.69) is 10.3 Å². The summed E-state index contributed by atoms with van der Waals surface area (Å²) < 4.78 is 24.5. The van der Waals surface area contributed by atoms with Crippen LogP contribution in [0.2, 0.25) is 0 Å². The quantitative estimate of drug-likeness (QED) is 0.857. The number of sulfonamides is 1. The van der Waals surface area contributed by atoms with Crippen LogP contribution < -0.4 is 5.32 Å². The van der Waals surface area contributed by atoms with Gasteiger partial charge in [0.25, 0.3) is 5.91 Å². The maximum absolute atomic E-state index is 11.8. The number of aryl methyl sites for hydroxylation is 1. The minimum Gasteiger partial charge on any atom is -0.350 e. The molecule has 1 aliphatic heterocycles. The van der Waals surface area contributed by atoms with Gasteiger partial charge in [-0.25, -0.2) is 17.7 Å². The van der Waals surface area contributed by atoms with E-state index in [1.807, 2.05) is 6.92 Å². The Labute approximate surface area is 116 Å². The average Bonchev–Trinajstić information content (AvgIpc) is 2.96. The Kier molecular flexibility index (Phi) is 4.54. The van der Waals surface area contributed by atoms with Gasteiger partial charge in [-0.15, -0.1) is 11.3 Å². The first kappa shape index (κ1) is 14.4. The van der Waals surface area contributed by atoms with Crippen molar-refractivity contribution in [1.29, 1.82) is 0 Å². The van der Waals surface area contributed by atoms with Crippen LogP contribution in [0.1, 0.15) is 28.0 Å². The summed E-state index contributed by atoms with van der Waals surface area (Å²) in [6.45, 7) is 3.21. The highest BCUT2D eigenvalue weighted by Gasteiger charge is 2.27. The molecule has 1 N–H and O–H groups in total. The van der Waals surface area contributed by atoms with E-state index in [-0.39, 0.29) is 11.7 Å². The fourth-order valence-electron chi connectivity index (χ4n) is 1.90. The van der Waals surface area contributed by atoms with Gasteiger partial charge in [-0.05, 0) is 12.8 Å². The molecule has 1 fully saturated rings. The topological polar surface area (TPSA) is 79.4 Å². The molecule has 0 unspecified atom stereocenters. The first-order chi connectivity index (χ1) is 9.03. The molecule has 8 heteroatoms. The van der Waals surface area contributed by atoms with Crippen LogP contribution in [-0.4, -0.2) is 49.0 Å². The molecule has 1 aromatic rings. The molecule has 106 valence electrons. The zero-order valence-electron chi connectivity index (χ0n) is 10.8. The van der Waals surface area contributed by atoms with Crippen LogP contribution in [0, 0.1) is 0 Å². The van der Waals surface area contributed by atoms with Crippen LogP contribution in [0.15, 0.2) is 6.20 Å². The molecule has 6 nitrogen and oxygen atoms in total. The van der Waals surface area contributed by atoms with E-state index in [0.29, 0.717) is 30.9 Å². The van der Waals surface area contributed by atoms with Gasteiger partial charge in [0, 0.05) is 19.6 Å². The number of carbonyl (C=O) groups is 1. The van der Waals surface area contributed by atoms with Gasteiger partial charge in [0.15, 0.2) is 0 Å². The SMILES string of the molecule is CCc1ncc(C(=O)NCCN2CCCS2(=O)=O)s1. The molecule has 0 radical (unpaired) electrons.